The van der Waals surface area contributed by atoms with Crippen LogP contribution in [-0.2, 0) is 4.79 Å². The van der Waals surface area contributed by atoms with Gasteiger partial charge in [0.15, 0.2) is 0 Å². The second-order valence-corrected chi connectivity index (χ2v) is 6.55. The lowest BCUT2D eigenvalue weighted by atomic mass is 9.82. The minimum absolute atomic E-state index is 0.0594. The molecule has 1 saturated carbocycles. The van der Waals surface area contributed by atoms with Crippen molar-refractivity contribution in [3.05, 3.63) is 0 Å². The van der Waals surface area contributed by atoms with Crippen LogP contribution in [-0.4, -0.2) is 29.1 Å². The van der Waals surface area contributed by atoms with Gasteiger partial charge < -0.3 is 4.90 Å². The molecule has 1 heterocycles. The number of hydrogen-bond donors (Lipinski definition) is 1. The van der Waals surface area contributed by atoms with Crippen molar-refractivity contribution in [2.24, 2.45) is 5.92 Å². The molecule has 0 aromatic heterocycles. The molecule has 1 aliphatic heterocycles. The Kier molecular flexibility index (Phi) is 5.88. The zero-order chi connectivity index (χ0) is 14.5. The van der Waals surface area contributed by atoms with E-state index in [1.807, 2.05) is 0 Å². The summed E-state index contributed by atoms with van der Waals surface area (Å²) in [4.78, 5) is 15.0. The molecule has 2 rings (SSSR count). The Balaban J connectivity index is 2.13. The van der Waals surface area contributed by atoms with Crippen molar-refractivity contribution in [3.63, 3.8) is 0 Å². The van der Waals surface area contributed by atoms with Crippen molar-refractivity contribution in [1.29, 1.82) is 0 Å². The van der Waals surface area contributed by atoms with Crippen LogP contribution in [0.3, 0.4) is 0 Å². The van der Waals surface area contributed by atoms with Crippen molar-refractivity contribution in [3.8, 4) is 0 Å². The van der Waals surface area contributed by atoms with Gasteiger partial charge in [0.25, 0.3) is 0 Å². The zero-order valence-electron chi connectivity index (χ0n) is 13.5. The first-order chi connectivity index (χ1) is 9.72. The Bertz CT molecular complexity index is 312. The van der Waals surface area contributed by atoms with Crippen molar-refractivity contribution in [1.82, 2.24) is 10.2 Å². The molecule has 1 aliphatic carbocycles. The zero-order valence-corrected chi connectivity index (χ0v) is 13.5. The van der Waals surface area contributed by atoms with Crippen LogP contribution in [0.5, 0.6) is 0 Å². The van der Waals surface area contributed by atoms with E-state index >= 15 is 0 Å². The van der Waals surface area contributed by atoms with Crippen molar-refractivity contribution >= 4 is 5.91 Å². The smallest absolute Gasteiger partial charge is 0.241 e. The van der Waals surface area contributed by atoms with Gasteiger partial charge in [-0.15, -0.1) is 0 Å². The van der Waals surface area contributed by atoms with E-state index in [1.54, 1.807) is 0 Å². The monoisotopic (exact) mass is 280 g/mol. The van der Waals surface area contributed by atoms with Crippen molar-refractivity contribution in [2.45, 2.75) is 96.8 Å². The first-order valence-corrected chi connectivity index (χ1v) is 8.81. The summed E-state index contributed by atoms with van der Waals surface area (Å²) in [6.07, 6.45) is 11.3. The van der Waals surface area contributed by atoms with Crippen molar-refractivity contribution < 1.29 is 4.79 Å². The van der Waals surface area contributed by atoms with Crippen LogP contribution < -0.4 is 5.32 Å². The summed E-state index contributed by atoms with van der Waals surface area (Å²) in [7, 11) is 0. The molecule has 0 radical (unpaired) electrons. The fraction of sp³-hybridized carbons (Fsp3) is 0.941. The Labute approximate surface area is 124 Å². The number of nitrogens with one attached hydrogen (secondary N) is 1. The van der Waals surface area contributed by atoms with Crippen molar-refractivity contribution in [2.75, 3.05) is 0 Å². The summed E-state index contributed by atoms with van der Waals surface area (Å²) in [6, 6.07) is 0.521. The molecule has 3 nitrogen and oxygen atoms in total. The number of hydrogen-bond acceptors (Lipinski definition) is 2. The van der Waals surface area contributed by atoms with Gasteiger partial charge in [0.05, 0.1) is 12.2 Å². The van der Waals surface area contributed by atoms with Gasteiger partial charge in [-0.2, -0.15) is 0 Å². The molecule has 116 valence electrons. The van der Waals surface area contributed by atoms with E-state index in [4.69, 9.17) is 0 Å². The molecule has 3 atom stereocenters. The van der Waals surface area contributed by atoms with Gasteiger partial charge in [-0.1, -0.05) is 46.5 Å². The predicted molar refractivity (Wildman–Crippen MR) is 83.4 cm³/mol. The summed E-state index contributed by atoms with van der Waals surface area (Å²) in [5.41, 5.74) is 0. The summed E-state index contributed by atoms with van der Waals surface area (Å²) >= 11 is 0. The quantitative estimate of drug-likeness (QED) is 0.805. The topological polar surface area (TPSA) is 32.3 Å². The third kappa shape index (κ3) is 3.19. The molecule has 1 saturated heterocycles. The lowest BCUT2D eigenvalue weighted by Crippen LogP contribution is -2.48. The van der Waals surface area contributed by atoms with Gasteiger partial charge in [-0.25, -0.2) is 0 Å². The van der Waals surface area contributed by atoms with Crippen LogP contribution >= 0.6 is 0 Å². The lowest BCUT2D eigenvalue weighted by Gasteiger charge is -2.39. The molecule has 1 amide bonds. The minimum atomic E-state index is 0.0594. The Morgan fingerprint density at radius 1 is 1.20 bits per heavy atom. The van der Waals surface area contributed by atoms with Crippen LogP contribution in [0.1, 0.15) is 78.6 Å². The fourth-order valence-electron chi connectivity index (χ4n) is 4.18. The van der Waals surface area contributed by atoms with Crippen LogP contribution in [0.25, 0.3) is 0 Å². The Morgan fingerprint density at radius 3 is 2.45 bits per heavy atom. The van der Waals surface area contributed by atoms with Gasteiger partial charge in [-0.05, 0) is 38.0 Å². The number of carbonyl (C=O) groups is 1. The highest BCUT2D eigenvalue weighted by Gasteiger charge is 2.42. The summed E-state index contributed by atoms with van der Waals surface area (Å²) in [6.45, 7) is 6.59. The lowest BCUT2D eigenvalue weighted by molar-refractivity contribution is -0.134. The van der Waals surface area contributed by atoms with Gasteiger partial charge in [0.1, 0.15) is 0 Å². The molecule has 1 N–H and O–H groups in total. The average Bonchev–Trinajstić information content (AvgIpc) is 2.79. The van der Waals surface area contributed by atoms with E-state index < -0.39 is 0 Å². The minimum Gasteiger partial charge on any atom is -0.323 e. The molecular formula is C17H32N2O. The van der Waals surface area contributed by atoms with E-state index in [-0.39, 0.29) is 12.2 Å². The van der Waals surface area contributed by atoms with E-state index in [9.17, 15) is 4.79 Å². The Morgan fingerprint density at radius 2 is 1.90 bits per heavy atom. The maximum atomic E-state index is 12.7. The average molecular weight is 280 g/mol. The summed E-state index contributed by atoms with van der Waals surface area (Å²) in [5.74, 6) is 1.10. The first kappa shape index (κ1) is 15.8. The molecule has 20 heavy (non-hydrogen) atoms. The van der Waals surface area contributed by atoms with Crippen LogP contribution in [0.2, 0.25) is 0 Å². The van der Waals surface area contributed by atoms with Gasteiger partial charge in [-0.3, -0.25) is 10.1 Å². The standard InChI is InChI=1S/C17H32N2O/c1-4-10-16-18-14(5-2)17(20)19(16)15(6-3)13-11-8-7-9-12-13/h13-16,18H,4-12H2,1-3H3. The first-order valence-electron chi connectivity index (χ1n) is 8.81. The third-order valence-corrected chi connectivity index (χ3v) is 5.22. The summed E-state index contributed by atoms with van der Waals surface area (Å²) < 4.78 is 0. The molecule has 0 spiro atoms. The molecule has 0 aromatic rings. The predicted octanol–water partition coefficient (Wildman–Crippen LogP) is 3.68. The summed E-state index contributed by atoms with van der Waals surface area (Å²) in [5, 5.41) is 3.57. The normalized spacial score (nSPS) is 29.9. The number of amides is 1. The van der Waals surface area contributed by atoms with Gasteiger partial charge in [0, 0.05) is 6.04 Å². The largest absolute Gasteiger partial charge is 0.323 e. The Hall–Kier alpha value is -0.570. The van der Waals surface area contributed by atoms with Gasteiger partial charge in [0.2, 0.25) is 5.91 Å². The number of rotatable bonds is 6. The maximum Gasteiger partial charge on any atom is 0.241 e. The highest BCUT2D eigenvalue weighted by molar-refractivity contribution is 5.84. The highest BCUT2D eigenvalue weighted by atomic mass is 16.2. The van der Waals surface area contributed by atoms with E-state index in [0.29, 0.717) is 11.9 Å². The molecule has 2 aliphatic rings. The van der Waals surface area contributed by atoms with Crippen LogP contribution in [0.15, 0.2) is 0 Å². The molecule has 3 unspecified atom stereocenters. The second-order valence-electron chi connectivity index (χ2n) is 6.55. The number of nitrogens with zero attached hydrogens (tertiary/aromatic N) is 1. The van der Waals surface area contributed by atoms with E-state index in [2.05, 4.69) is 31.0 Å². The molecule has 3 heteroatoms. The van der Waals surface area contributed by atoms with Crippen LogP contribution in [0.4, 0.5) is 0 Å². The van der Waals surface area contributed by atoms with Crippen LogP contribution in [0, 0.1) is 5.92 Å². The molecule has 0 aromatic carbocycles. The molecule has 0 bridgehead atoms. The third-order valence-electron chi connectivity index (χ3n) is 5.22. The number of carbonyl (C=O) groups excluding carboxylic acids is 1. The molecule has 2 fully saturated rings. The maximum absolute atomic E-state index is 12.7. The molecular weight excluding hydrogens is 248 g/mol. The fourth-order valence-corrected chi connectivity index (χ4v) is 4.18. The van der Waals surface area contributed by atoms with E-state index in [1.165, 1.54) is 32.1 Å². The SMILES string of the molecule is CCCC1NC(CC)C(=O)N1C(CC)C1CCCCC1. The second kappa shape index (κ2) is 7.44. The van der Waals surface area contributed by atoms with Gasteiger partial charge >= 0.3 is 0 Å². The highest BCUT2D eigenvalue weighted by Crippen LogP contribution is 2.33. The van der Waals surface area contributed by atoms with E-state index in [0.717, 1.165) is 31.6 Å².